The molecule has 0 saturated heterocycles. The van der Waals surface area contributed by atoms with Gasteiger partial charge in [-0.1, -0.05) is 48.8 Å². The van der Waals surface area contributed by atoms with Crippen molar-refractivity contribution in [3.63, 3.8) is 0 Å². The quantitative estimate of drug-likeness (QED) is 0.691. The molecule has 0 heterocycles. The van der Waals surface area contributed by atoms with Crippen LogP contribution in [0.1, 0.15) is 38.9 Å². The topological polar surface area (TPSA) is 44.5 Å². The first-order valence-corrected chi connectivity index (χ1v) is 8.04. The van der Waals surface area contributed by atoms with Gasteiger partial charge in [-0.2, -0.15) is 0 Å². The van der Waals surface area contributed by atoms with Crippen LogP contribution in [-0.2, 0) is 9.47 Å². The maximum atomic E-state index is 6.17. The van der Waals surface area contributed by atoms with Crippen LogP contribution in [0.4, 0.5) is 0 Å². The summed E-state index contributed by atoms with van der Waals surface area (Å²) in [7, 11) is 0. The number of rotatable bonds is 9. The van der Waals surface area contributed by atoms with Crippen LogP contribution in [0.3, 0.4) is 0 Å². The molecule has 4 heteroatoms. The minimum absolute atomic E-state index is 0.00118. The molecular weight excluding hydrogens is 318 g/mol. The third-order valence-electron chi connectivity index (χ3n) is 3.04. The normalized spacial score (nSPS) is 14.5. The number of nitrogens with two attached hydrogens (primary N) is 1. The summed E-state index contributed by atoms with van der Waals surface area (Å²) in [5.74, 6) is 0.551. The van der Waals surface area contributed by atoms with Gasteiger partial charge in [0, 0.05) is 17.1 Å². The average molecular weight is 344 g/mol. The van der Waals surface area contributed by atoms with Crippen LogP contribution in [0.25, 0.3) is 0 Å². The molecule has 2 unspecified atom stereocenters. The van der Waals surface area contributed by atoms with Crippen molar-refractivity contribution in [1.82, 2.24) is 0 Å². The highest BCUT2D eigenvalue weighted by Gasteiger charge is 2.19. The van der Waals surface area contributed by atoms with Crippen LogP contribution in [-0.4, -0.2) is 25.9 Å². The van der Waals surface area contributed by atoms with Gasteiger partial charge in [-0.3, -0.25) is 0 Å². The third-order valence-corrected chi connectivity index (χ3v) is 3.56. The Morgan fingerprint density at radius 2 is 1.80 bits per heavy atom. The third kappa shape index (κ3) is 6.35. The molecule has 0 aliphatic rings. The number of ether oxygens (including phenoxy) is 2. The second-order valence-corrected chi connectivity index (χ2v) is 6.30. The summed E-state index contributed by atoms with van der Waals surface area (Å²) in [6.45, 7) is 8.31. The molecule has 1 aromatic rings. The lowest BCUT2D eigenvalue weighted by Gasteiger charge is -2.24. The van der Waals surface area contributed by atoms with E-state index in [0.717, 1.165) is 23.1 Å². The Bertz CT molecular complexity index is 367. The van der Waals surface area contributed by atoms with Gasteiger partial charge in [-0.25, -0.2) is 0 Å². The molecule has 20 heavy (non-hydrogen) atoms. The van der Waals surface area contributed by atoms with Crippen LogP contribution in [0, 0.1) is 5.92 Å². The molecule has 0 spiro atoms. The van der Waals surface area contributed by atoms with Gasteiger partial charge in [0.05, 0.1) is 19.3 Å². The molecular formula is C16H26BrNO2. The van der Waals surface area contributed by atoms with E-state index < -0.39 is 0 Å². The van der Waals surface area contributed by atoms with Crippen molar-refractivity contribution in [3.8, 4) is 0 Å². The van der Waals surface area contributed by atoms with Gasteiger partial charge in [-0.05, 0) is 30.0 Å². The molecule has 1 aromatic carbocycles. The van der Waals surface area contributed by atoms with Crippen molar-refractivity contribution in [1.29, 1.82) is 0 Å². The summed E-state index contributed by atoms with van der Waals surface area (Å²) < 4.78 is 12.5. The Morgan fingerprint density at radius 1 is 1.15 bits per heavy atom. The van der Waals surface area contributed by atoms with E-state index in [1.54, 1.807) is 0 Å². The van der Waals surface area contributed by atoms with E-state index in [9.17, 15) is 0 Å². The van der Waals surface area contributed by atoms with Crippen LogP contribution >= 0.6 is 15.9 Å². The molecule has 2 atom stereocenters. The highest BCUT2D eigenvalue weighted by molar-refractivity contribution is 9.10. The molecule has 0 radical (unpaired) electrons. The van der Waals surface area contributed by atoms with Gasteiger partial charge in [0.2, 0.25) is 0 Å². The molecule has 0 fully saturated rings. The monoisotopic (exact) mass is 343 g/mol. The van der Waals surface area contributed by atoms with E-state index >= 15 is 0 Å². The second kappa shape index (κ2) is 9.50. The molecule has 114 valence electrons. The molecule has 3 nitrogen and oxygen atoms in total. The SMILES string of the molecule is CCC(N)C(OCCOCC(C)C)c1ccc(Br)cc1. The fourth-order valence-electron chi connectivity index (χ4n) is 1.89. The van der Waals surface area contributed by atoms with Gasteiger partial charge >= 0.3 is 0 Å². The standard InChI is InChI=1S/C16H26BrNO2/c1-4-15(18)16(13-5-7-14(17)8-6-13)20-10-9-19-11-12(2)3/h5-8,12,15-16H,4,9-11,18H2,1-3H3. The molecule has 0 saturated carbocycles. The lowest BCUT2D eigenvalue weighted by Crippen LogP contribution is -2.30. The molecule has 0 aliphatic heterocycles. The molecule has 1 rings (SSSR count). The molecule has 0 aliphatic carbocycles. The summed E-state index contributed by atoms with van der Waals surface area (Å²) in [5, 5.41) is 0. The summed E-state index contributed by atoms with van der Waals surface area (Å²) in [5.41, 5.74) is 7.29. The smallest absolute Gasteiger partial charge is 0.0976 e. The van der Waals surface area contributed by atoms with Gasteiger partial charge in [0.1, 0.15) is 0 Å². The van der Waals surface area contributed by atoms with Crippen molar-refractivity contribution >= 4 is 15.9 Å². The molecule has 0 aromatic heterocycles. The van der Waals surface area contributed by atoms with E-state index in [4.69, 9.17) is 15.2 Å². The number of hydrogen-bond acceptors (Lipinski definition) is 3. The Balaban J connectivity index is 2.50. The van der Waals surface area contributed by atoms with E-state index in [2.05, 4.69) is 48.8 Å². The van der Waals surface area contributed by atoms with Crippen LogP contribution in [0.15, 0.2) is 28.7 Å². The van der Waals surface area contributed by atoms with E-state index in [0.29, 0.717) is 19.1 Å². The molecule has 0 amide bonds. The summed E-state index contributed by atoms with van der Waals surface area (Å²) in [6, 6.07) is 8.15. The van der Waals surface area contributed by atoms with E-state index in [1.807, 2.05) is 12.1 Å². The molecule has 0 bridgehead atoms. The van der Waals surface area contributed by atoms with Crippen LogP contribution in [0.5, 0.6) is 0 Å². The maximum Gasteiger partial charge on any atom is 0.0976 e. The van der Waals surface area contributed by atoms with E-state index in [-0.39, 0.29) is 12.1 Å². The fourth-order valence-corrected chi connectivity index (χ4v) is 2.15. The second-order valence-electron chi connectivity index (χ2n) is 5.38. The Labute approximate surface area is 131 Å². The molecule has 2 N–H and O–H groups in total. The number of benzene rings is 1. The van der Waals surface area contributed by atoms with Crippen LogP contribution < -0.4 is 5.73 Å². The predicted molar refractivity (Wildman–Crippen MR) is 86.8 cm³/mol. The van der Waals surface area contributed by atoms with Crippen molar-refractivity contribution in [3.05, 3.63) is 34.3 Å². The summed E-state index contributed by atoms with van der Waals surface area (Å²) in [6.07, 6.45) is 0.809. The highest BCUT2D eigenvalue weighted by atomic mass is 79.9. The predicted octanol–water partition coefficient (Wildman–Crippen LogP) is 3.92. The van der Waals surface area contributed by atoms with Crippen molar-refractivity contribution in [2.75, 3.05) is 19.8 Å². The number of halogens is 1. The first-order chi connectivity index (χ1) is 9.54. The van der Waals surface area contributed by atoms with Crippen molar-refractivity contribution in [2.45, 2.75) is 39.3 Å². The van der Waals surface area contributed by atoms with Gasteiger partial charge in [0.25, 0.3) is 0 Å². The minimum atomic E-state index is -0.0734. The van der Waals surface area contributed by atoms with Gasteiger partial charge in [0.15, 0.2) is 0 Å². The van der Waals surface area contributed by atoms with Gasteiger partial charge in [-0.15, -0.1) is 0 Å². The minimum Gasteiger partial charge on any atom is -0.379 e. The zero-order valence-electron chi connectivity index (χ0n) is 12.6. The highest BCUT2D eigenvalue weighted by Crippen LogP contribution is 2.23. The summed E-state index contributed by atoms with van der Waals surface area (Å²) in [4.78, 5) is 0. The Hall–Kier alpha value is -0.420. The Kier molecular flexibility index (Phi) is 8.38. The lowest BCUT2D eigenvalue weighted by atomic mass is 10.0. The maximum absolute atomic E-state index is 6.17. The van der Waals surface area contributed by atoms with Crippen molar-refractivity contribution < 1.29 is 9.47 Å². The summed E-state index contributed by atoms with van der Waals surface area (Å²) >= 11 is 3.44. The first kappa shape index (κ1) is 17.6. The zero-order chi connectivity index (χ0) is 15.0. The largest absolute Gasteiger partial charge is 0.379 e. The average Bonchev–Trinajstić information content (AvgIpc) is 2.43. The fraction of sp³-hybridized carbons (Fsp3) is 0.625. The lowest BCUT2D eigenvalue weighted by molar-refractivity contribution is -0.0123. The number of hydrogen-bond donors (Lipinski definition) is 1. The first-order valence-electron chi connectivity index (χ1n) is 7.25. The van der Waals surface area contributed by atoms with Crippen LogP contribution in [0.2, 0.25) is 0 Å². The van der Waals surface area contributed by atoms with Gasteiger partial charge < -0.3 is 15.2 Å². The zero-order valence-corrected chi connectivity index (χ0v) is 14.2. The Morgan fingerprint density at radius 3 is 2.35 bits per heavy atom. The van der Waals surface area contributed by atoms with Crippen molar-refractivity contribution in [2.24, 2.45) is 11.7 Å². The van der Waals surface area contributed by atoms with E-state index in [1.165, 1.54) is 0 Å².